The predicted octanol–water partition coefficient (Wildman–Crippen LogP) is 3.60. The molecule has 0 saturated heterocycles. The lowest BCUT2D eigenvalue weighted by atomic mass is 10.2. The van der Waals surface area contributed by atoms with Gasteiger partial charge in [0.1, 0.15) is 0 Å². The molecule has 0 bridgehead atoms. The SMILES string of the molecule is O=C(C1CC1)N(Cc1ccc(Br)cc1)CC1CC1. The van der Waals surface area contributed by atoms with Gasteiger partial charge in [-0.25, -0.2) is 0 Å². The van der Waals surface area contributed by atoms with E-state index < -0.39 is 0 Å². The van der Waals surface area contributed by atoms with Gasteiger partial charge in [-0.05, 0) is 49.3 Å². The Balaban J connectivity index is 1.67. The molecule has 1 aromatic rings. The van der Waals surface area contributed by atoms with Crippen LogP contribution in [0.5, 0.6) is 0 Å². The lowest BCUT2D eigenvalue weighted by Crippen LogP contribution is -2.33. The molecule has 0 heterocycles. The minimum absolute atomic E-state index is 0.333. The normalized spacial score (nSPS) is 18.7. The molecule has 1 amide bonds. The lowest BCUT2D eigenvalue weighted by Gasteiger charge is -2.23. The first-order valence-corrected chi connectivity index (χ1v) is 7.55. The van der Waals surface area contributed by atoms with Crippen molar-refractivity contribution < 1.29 is 4.79 Å². The Bertz CT molecular complexity index is 434. The Labute approximate surface area is 116 Å². The zero-order valence-corrected chi connectivity index (χ0v) is 12.0. The van der Waals surface area contributed by atoms with Crippen LogP contribution in [0.4, 0.5) is 0 Å². The first-order valence-electron chi connectivity index (χ1n) is 6.75. The predicted molar refractivity (Wildman–Crippen MR) is 75.0 cm³/mol. The molecule has 1 aromatic carbocycles. The number of carbonyl (C=O) groups excluding carboxylic acids is 1. The van der Waals surface area contributed by atoms with Gasteiger partial charge in [-0.15, -0.1) is 0 Å². The number of hydrogen-bond acceptors (Lipinski definition) is 1. The molecule has 0 N–H and O–H groups in total. The van der Waals surface area contributed by atoms with Crippen molar-refractivity contribution in [3.05, 3.63) is 34.3 Å². The highest BCUT2D eigenvalue weighted by atomic mass is 79.9. The molecule has 96 valence electrons. The topological polar surface area (TPSA) is 20.3 Å². The number of hydrogen-bond donors (Lipinski definition) is 0. The van der Waals surface area contributed by atoms with Crippen LogP contribution in [0.25, 0.3) is 0 Å². The van der Waals surface area contributed by atoms with E-state index in [0.717, 1.165) is 36.3 Å². The quantitative estimate of drug-likeness (QED) is 0.814. The molecule has 0 aromatic heterocycles. The summed E-state index contributed by atoms with van der Waals surface area (Å²) in [6.07, 6.45) is 4.80. The van der Waals surface area contributed by atoms with Crippen LogP contribution in [0, 0.1) is 11.8 Å². The monoisotopic (exact) mass is 307 g/mol. The van der Waals surface area contributed by atoms with Crippen molar-refractivity contribution in [2.45, 2.75) is 32.2 Å². The van der Waals surface area contributed by atoms with Crippen LogP contribution in [0.1, 0.15) is 31.2 Å². The largest absolute Gasteiger partial charge is 0.338 e. The average Bonchev–Trinajstić information content (AvgIpc) is 3.24. The second-order valence-corrected chi connectivity index (χ2v) is 6.48. The molecule has 0 aliphatic heterocycles. The maximum absolute atomic E-state index is 12.3. The number of halogens is 1. The van der Waals surface area contributed by atoms with Crippen molar-refractivity contribution in [1.82, 2.24) is 4.90 Å². The smallest absolute Gasteiger partial charge is 0.225 e. The first kappa shape index (κ1) is 12.2. The van der Waals surface area contributed by atoms with E-state index in [2.05, 4.69) is 33.0 Å². The molecule has 2 aliphatic rings. The Morgan fingerprint density at radius 3 is 2.39 bits per heavy atom. The fourth-order valence-electron chi connectivity index (χ4n) is 2.24. The fraction of sp³-hybridized carbons (Fsp3) is 0.533. The van der Waals surface area contributed by atoms with Gasteiger partial charge in [-0.3, -0.25) is 4.79 Å². The summed E-state index contributed by atoms with van der Waals surface area (Å²) in [6.45, 7) is 1.74. The van der Waals surface area contributed by atoms with Crippen molar-refractivity contribution in [3.8, 4) is 0 Å². The van der Waals surface area contributed by atoms with E-state index in [9.17, 15) is 4.79 Å². The molecule has 2 fully saturated rings. The molecule has 2 saturated carbocycles. The molecule has 2 nitrogen and oxygen atoms in total. The third-order valence-electron chi connectivity index (χ3n) is 3.70. The summed E-state index contributed by atoms with van der Waals surface area (Å²) < 4.78 is 1.09. The fourth-order valence-corrected chi connectivity index (χ4v) is 2.51. The summed E-state index contributed by atoms with van der Waals surface area (Å²) in [4.78, 5) is 14.3. The van der Waals surface area contributed by atoms with Crippen molar-refractivity contribution in [2.24, 2.45) is 11.8 Å². The number of carbonyl (C=O) groups is 1. The van der Waals surface area contributed by atoms with Gasteiger partial charge in [0.2, 0.25) is 5.91 Å². The van der Waals surface area contributed by atoms with E-state index in [-0.39, 0.29) is 0 Å². The third-order valence-corrected chi connectivity index (χ3v) is 4.23. The number of nitrogens with zero attached hydrogens (tertiary/aromatic N) is 1. The molecule has 3 heteroatoms. The molecular weight excluding hydrogens is 290 g/mol. The summed E-state index contributed by atoms with van der Waals surface area (Å²) >= 11 is 3.44. The minimum atomic E-state index is 0.333. The van der Waals surface area contributed by atoms with Crippen molar-refractivity contribution in [3.63, 3.8) is 0 Å². The zero-order chi connectivity index (χ0) is 12.5. The summed E-state index contributed by atoms with van der Waals surface area (Å²) in [5.41, 5.74) is 1.23. The molecule has 0 atom stereocenters. The van der Waals surface area contributed by atoms with E-state index in [0.29, 0.717) is 11.8 Å². The molecule has 0 spiro atoms. The highest BCUT2D eigenvalue weighted by Crippen LogP contribution is 2.35. The molecular formula is C15H18BrNO. The van der Waals surface area contributed by atoms with Gasteiger partial charge >= 0.3 is 0 Å². The Morgan fingerprint density at radius 1 is 1.17 bits per heavy atom. The summed E-state index contributed by atoms with van der Waals surface area (Å²) in [5, 5.41) is 0. The molecule has 0 radical (unpaired) electrons. The van der Waals surface area contributed by atoms with Gasteiger partial charge < -0.3 is 4.90 Å². The van der Waals surface area contributed by atoms with E-state index >= 15 is 0 Å². The highest BCUT2D eigenvalue weighted by molar-refractivity contribution is 9.10. The number of benzene rings is 1. The molecule has 2 aliphatic carbocycles. The van der Waals surface area contributed by atoms with Crippen LogP contribution < -0.4 is 0 Å². The van der Waals surface area contributed by atoms with Crippen LogP contribution in [-0.2, 0) is 11.3 Å². The van der Waals surface area contributed by atoms with Gasteiger partial charge in [-0.1, -0.05) is 28.1 Å². The van der Waals surface area contributed by atoms with Crippen LogP contribution in [0.15, 0.2) is 28.7 Å². The Hall–Kier alpha value is -0.830. The summed E-state index contributed by atoms with van der Waals surface area (Å²) in [5.74, 6) is 1.48. The highest BCUT2D eigenvalue weighted by Gasteiger charge is 2.35. The molecule has 3 rings (SSSR count). The van der Waals surface area contributed by atoms with E-state index in [4.69, 9.17) is 0 Å². The van der Waals surface area contributed by atoms with Crippen LogP contribution in [0.2, 0.25) is 0 Å². The van der Waals surface area contributed by atoms with Crippen molar-refractivity contribution >= 4 is 21.8 Å². The van der Waals surface area contributed by atoms with Crippen LogP contribution in [0.3, 0.4) is 0 Å². The second kappa shape index (κ2) is 5.04. The van der Waals surface area contributed by atoms with Crippen LogP contribution in [-0.4, -0.2) is 17.4 Å². The van der Waals surface area contributed by atoms with Gasteiger partial charge in [0.15, 0.2) is 0 Å². The zero-order valence-electron chi connectivity index (χ0n) is 10.4. The minimum Gasteiger partial charge on any atom is -0.338 e. The lowest BCUT2D eigenvalue weighted by molar-refractivity contribution is -0.133. The number of rotatable bonds is 5. The summed E-state index contributed by atoms with van der Waals surface area (Å²) in [6, 6.07) is 8.30. The Kier molecular flexibility index (Phi) is 3.42. The number of amides is 1. The van der Waals surface area contributed by atoms with Crippen molar-refractivity contribution in [1.29, 1.82) is 0 Å². The average molecular weight is 308 g/mol. The van der Waals surface area contributed by atoms with E-state index in [1.165, 1.54) is 18.4 Å². The van der Waals surface area contributed by atoms with Gasteiger partial charge in [-0.2, -0.15) is 0 Å². The Morgan fingerprint density at radius 2 is 1.83 bits per heavy atom. The first-order chi connectivity index (χ1) is 8.72. The maximum Gasteiger partial charge on any atom is 0.225 e. The molecule has 18 heavy (non-hydrogen) atoms. The van der Waals surface area contributed by atoms with Gasteiger partial charge in [0.25, 0.3) is 0 Å². The van der Waals surface area contributed by atoms with Crippen LogP contribution >= 0.6 is 15.9 Å². The van der Waals surface area contributed by atoms with E-state index in [1.807, 2.05) is 12.1 Å². The third kappa shape index (κ3) is 3.14. The van der Waals surface area contributed by atoms with Gasteiger partial charge in [0.05, 0.1) is 0 Å². The molecule has 0 unspecified atom stereocenters. The maximum atomic E-state index is 12.3. The summed E-state index contributed by atoms with van der Waals surface area (Å²) in [7, 11) is 0. The van der Waals surface area contributed by atoms with E-state index in [1.54, 1.807) is 0 Å². The standard InChI is InChI=1S/C15H18BrNO/c16-14-7-3-12(4-8-14)10-17(9-11-1-2-11)15(18)13-5-6-13/h3-4,7-8,11,13H,1-2,5-6,9-10H2. The van der Waals surface area contributed by atoms with Crippen molar-refractivity contribution in [2.75, 3.05) is 6.54 Å². The second-order valence-electron chi connectivity index (χ2n) is 5.56. The van der Waals surface area contributed by atoms with Gasteiger partial charge in [0, 0.05) is 23.5 Å².